The number of methoxy groups -OCH3 is 3. The van der Waals surface area contributed by atoms with Crippen LogP contribution in [-0.4, -0.2) is 96.1 Å². The molecule has 9 nitrogen and oxygen atoms in total. The fourth-order valence-corrected chi connectivity index (χ4v) is 9.66. The van der Waals surface area contributed by atoms with E-state index in [0.717, 1.165) is 77.0 Å². The molecule has 72 heavy (non-hydrogen) atoms. The van der Waals surface area contributed by atoms with Crippen LogP contribution < -0.4 is 0 Å². The van der Waals surface area contributed by atoms with E-state index in [-0.39, 0.29) is 50.4 Å². The molecule has 0 rings (SSSR count). The summed E-state index contributed by atoms with van der Waals surface area (Å²) < 4.78 is 34.8. The predicted octanol–water partition coefficient (Wildman–Crippen LogP) is 17.5. The van der Waals surface area contributed by atoms with Crippen LogP contribution in [0.25, 0.3) is 0 Å². The maximum atomic E-state index is 12.8. The molecule has 0 aromatic heterocycles. The third-order valence-electron chi connectivity index (χ3n) is 14.6. The van der Waals surface area contributed by atoms with Gasteiger partial charge in [-0.15, -0.1) is 0 Å². The molecule has 0 heterocycles. The number of ketones is 3. The van der Waals surface area contributed by atoms with Gasteiger partial charge in [0.25, 0.3) is 0 Å². The minimum absolute atomic E-state index is 0.00423. The van der Waals surface area contributed by atoms with E-state index in [2.05, 4.69) is 32.9 Å². The average molecular weight is 1020 g/mol. The van der Waals surface area contributed by atoms with Crippen molar-refractivity contribution >= 4 is 17.3 Å². The van der Waals surface area contributed by atoms with Crippen LogP contribution in [0.2, 0.25) is 0 Å². The van der Waals surface area contributed by atoms with Crippen molar-refractivity contribution in [2.24, 2.45) is 0 Å². The van der Waals surface area contributed by atoms with Gasteiger partial charge < -0.3 is 28.4 Å². The molecule has 0 N–H and O–H groups in total. The van der Waals surface area contributed by atoms with Crippen molar-refractivity contribution in [3.05, 3.63) is 12.2 Å². The summed E-state index contributed by atoms with van der Waals surface area (Å²) in [5.74, 6) is 0.255. The summed E-state index contributed by atoms with van der Waals surface area (Å²) in [6, 6.07) is 0. The maximum absolute atomic E-state index is 12.8. The summed E-state index contributed by atoms with van der Waals surface area (Å²) in [4.78, 5) is 38.3. The van der Waals surface area contributed by atoms with E-state index in [0.29, 0.717) is 37.6 Å². The Balaban J connectivity index is 4.49. The van der Waals surface area contributed by atoms with Crippen LogP contribution in [0, 0.1) is 0 Å². The summed E-state index contributed by atoms with van der Waals surface area (Å²) in [7, 11) is 5.55. The normalized spacial score (nSPS) is 13.5. The standard InChI is InChI=1S/C63H120O9/c1-7-10-13-37-46-60(67-4)49-40-31-25-19-16-22-28-34-43-57(64)52-70-55-63(72-54-59(66)45-36-30-24-18-21-27-33-42-51-62(69-6)48-39-15-12-9-3)56-71-53-58(65)44-35-29-23-17-20-26-32-41-50-61(68-5)47-38-14-11-8-2/h31,40,60-63H,7-30,32-39,41-56H2,1-6H3/b40-31+. The summed E-state index contributed by atoms with van der Waals surface area (Å²) in [6.45, 7) is 7.13. The Labute approximate surface area is 446 Å². The Kier molecular flexibility index (Phi) is 56.0. The van der Waals surface area contributed by atoms with Crippen LogP contribution in [0.4, 0.5) is 0 Å². The minimum atomic E-state index is -0.513. The number of hydrogen-bond donors (Lipinski definition) is 0. The first-order valence-corrected chi connectivity index (χ1v) is 30.9. The summed E-state index contributed by atoms with van der Waals surface area (Å²) in [6.07, 6.45) is 54.4. The smallest absolute Gasteiger partial charge is 0.158 e. The van der Waals surface area contributed by atoms with Crippen molar-refractivity contribution in [1.82, 2.24) is 0 Å². The molecule has 0 aliphatic carbocycles. The van der Waals surface area contributed by atoms with Crippen molar-refractivity contribution in [2.75, 3.05) is 54.4 Å². The quantitative estimate of drug-likeness (QED) is 0.0435. The first kappa shape index (κ1) is 70.5. The van der Waals surface area contributed by atoms with Gasteiger partial charge in [0.2, 0.25) is 0 Å². The number of ether oxygens (including phenoxy) is 6. The highest BCUT2D eigenvalue weighted by molar-refractivity contribution is 5.80. The van der Waals surface area contributed by atoms with Crippen molar-refractivity contribution in [3.63, 3.8) is 0 Å². The van der Waals surface area contributed by atoms with Gasteiger partial charge in [0.15, 0.2) is 17.3 Å². The van der Waals surface area contributed by atoms with Gasteiger partial charge in [0, 0.05) is 40.6 Å². The number of Topliss-reactive ketones (excluding diaryl/α,β-unsaturated/α-hetero) is 3. The summed E-state index contributed by atoms with van der Waals surface area (Å²) in [5.41, 5.74) is 0. The Bertz CT molecular complexity index is 1180. The van der Waals surface area contributed by atoms with Gasteiger partial charge in [-0.05, 0) is 70.6 Å². The van der Waals surface area contributed by atoms with Crippen LogP contribution in [0.15, 0.2) is 12.2 Å². The van der Waals surface area contributed by atoms with E-state index >= 15 is 0 Å². The molecule has 0 aromatic carbocycles. The van der Waals surface area contributed by atoms with E-state index in [9.17, 15) is 14.4 Å². The van der Waals surface area contributed by atoms with Gasteiger partial charge in [-0.3, -0.25) is 14.4 Å². The molecule has 4 atom stereocenters. The minimum Gasteiger partial charge on any atom is -0.381 e. The van der Waals surface area contributed by atoms with E-state index in [1.165, 1.54) is 180 Å². The SMILES string of the molecule is CCCCCCC(C/C=C/CCCCCCCC(=O)COCC(COCC(=O)CCCCCCCCCCC(CCCCCC)OC)OCC(=O)CCCCCCCCCCC(CCCCCC)OC)OC. The number of carbonyl (C=O) groups excluding carboxylic acids is 3. The lowest BCUT2D eigenvalue weighted by Crippen LogP contribution is -2.30. The van der Waals surface area contributed by atoms with E-state index in [1.54, 1.807) is 0 Å². The third-order valence-corrected chi connectivity index (χ3v) is 14.6. The molecule has 0 saturated heterocycles. The summed E-state index contributed by atoms with van der Waals surface area (Å²) >= 11 is 0. The molecule has 0 saturated carbocycles. The Morgan fingerprint density at radius 2 is 0.639 bits per heavy atom. The van der Waals surface area contributed by atoms with Gasteiger partial charge >= 0.3 is 0 Å². The van der Waals surface area contributed by atoms with Crippen molar-refractivity contribution in [1.29, 1.82) is 0 Å². The molecular weight excluding hydrogens is 901 g/mol. The number of hydrogen-bond acceptors (Lipinski definition) is 9. The van der Waals surface area contributed by atoms with Crippen LogP contribution >= 0.6 is 0 Å². The molecular formula is C63H120O9. The maximum Gasteiger partial charge on any atom is 0.158 e. The Morgan fingerprint density at radius 3 is 1.00 bits per heavy atom. The number of carbonyl (C=O) groups is 3. The van der Waals surface area contributed by atoms with Gasteiger partial charge in [-0.25, -0.2) is 0 Å². The first-order valence-electron chi connectivity index (χ1n) is 30.9. The number of rotatable bonds is 61. The second-order valence-corrected chi connectivity index (χ2v) is 21.4. The van der Waals surface area contributed by atoms with Gasteiger partial charge in [-0.1, -0.05) is 219 Å². The van der Waals surface area contributed by atoms with Gasteiger partial charge in [-0.2, -0.15) is 0 Å². The van der Waals surface area contributed by atoms with E-state index in [4.69, 9.17) is 28.4 Å². The fourth-order valence-electron chi connectivity index (χ4n) is 9.66. The van der Waals surface area contributed by atoms with Crippen molar-refractivity contribution in [3.8, 4) is 0 Å². The zero-order chi connectivity index (χ0) is 52.6. The molecule has 0 spiro atoms. The summed E-state index contributed by atoms with van der Waals surface area (Å²) in [5, 5.41) is 0. The Hall–Kier alpha value is -1.49. The van der Waals surface area contributed by atoms with Crippen LogP contribution in [0.5, 0.6) is 0 Å². The molecule has 9 heteroatoms. The van der Waals surface area contributed by atoms with Crippen LogP contribution in [-0.2, 0) is 42.8 Å². The largest absolute Gasteiger partial charge is 0.381 e. The lowest BCUT2D eigenvalue weighted by molar-refractivity contribution is -0.135. The molecule has 0 bridgehead atoms. The fraction of sp³-hybridized carbons (Fsp3) is 0.921. The topological polar surface area (TPSA) is 107 Å². The average Bonchev–Trinajstić information content (AvgIpc) is 3.38. The molecule has 0 aliphatic heterocycles. The molecule has 0 aromatic rings. The predicted molar refractivity (Wildman–Crippen MR) is 303 cm³/mol. The van der Waals surface area contributed by atoms with E-state index in [1.807, 2.05) is 21.3 Å². The number of allylic oxidation sites excluding steroid dienone is 1. The second kappa shape index (κ2) is 57.2. The second-order valence-electron chi connectivity index (χ2n) is 21.4. The molecule has 4 unspecified atom stereocenters. The Morgan fingerprint density at radius 1 is 0.333 bits per heavy atom. The van der Waals surface area contributed by atoms with Crippen molar-refractivity contribution < 1.29 is 42.8 Å². The molecule has 0 radical (unpaired) electrons. The molecule has 0 amide bonds. The molecule has 0 aliphatic rings. The zero-order valence-corrected chi connectivity index (χ0v) is 48.6. The van der Waals surface area contributed by atoms with Crippen molar-refractivity contribution in [2.45, 2.75) is 321 Å². The zero-order valence-electron chi connectivity index (χ0n) is 48.6. The highest BCUT2D eigenvalue weighted by atomic mass is 16.6. The lowest BCUT2D eigenvalue weighted by Gasteiger charge is -2.18. The number of unbranched alkanes of at least 4 members (excludes halogenated alkanes) is 28. The monoisotopic (exact) mass is 1020 g/mol. The third kappa shape index (κ3) is 50.7. The van der Waals surface area contributed by atoms with Crippen LogP contribution in [0.3, 0.4) is 0 Å². The van der Waals surface area contributed by atoms with Gasteiger partial charge in [0.05, 0.1) is 31.5 Å². The molecule has 426 valence electrons. The molecule has 0 fully saturated rings. The highest BCUT2D eigenvalue weighted by Gasteiger charge is 2.16. The lowest BCUT2D eigenvalue weighted by atomic mass is 10.0. The van der Waals surface area contributed by atoms with E-state index < -0.39 is 6.10 Å². The highest BCUT2D eigenvalue weighted by Crippen LogP contribution is 2.19. The van der Waals surface area contributed by atoms with Gasteiger partial charge in [0.1, 0.15) is 25.9 Å². The van der Waals surface area contributed by atoms with Crippen LogP contribution in [0.1, 0.15) is 297 Å². The first-order chi connectivity index (χ1) is 35.3.